The van der Waals surface area contributed by atoms with Crippen molar-refractivity contribution >= 4 is 0 Å². The third kappa shape index (κ3) is 3.30. The molecule has 0 bridgehead atoms. The lowest BCUT2D eigenvalue weighted by molar-refractivity contribution is 0.285. The van der Waals surface area contributed by atoms with Crippen molar-refractivity contribution in [2.24, 2.45) is 5.73 Å². The van der Waals surface area contributed by atoms with Crippen LogP contribution in [0.15, 0.2) is 28.8 Å². The lowest BCUT2D eigenvalue weighted by atomic mass is 10.1. The fourth-order valence-corrected chi connectivity index (χ4v) is 1.60. The predicted molar refractivity (Wildman–Crippen MR) is 67.2 cm³/mol. The molecule has 0 aliphatic heterocycles. The maximum atomic E-state index is 5.61. The Morgan fingerprint density at radius 1 is 1.39 bits per heavy atom. The first-order valence-electron chi connectivity index (χ1n) is 6.05. The quantitative estimate of drug-likeness (QED) is 0.841. The maximum absolute atomic E-state index is 5.61. The SMILES string of the molecule is CCc1nc(COc2cccc(CCN)c2)no1. The highest BCUT2D eigenvalue weighted by atomic mass is 16.5. The molecule has 0 saturated heterocycles. The molecule has 0 aliphatic carbocycles. The summed E-state index contributed by atoms with van der Waals surface area (Å²) in [4.78, 5) is 4.18. The molecule has 0 fully saturated rings. The first kappa shape index (κ1) is 12.6. The van der Waals surface area contributed by atoms with Crippen LogP contribution in [0.4, 0.5) is 0 Å². The lowest BCUT2D eigenvalue weighted by Gasteiger charge is -2.05. The Bertz CT molecular complexity index is 496. The zero-order valence-electron chi connectivity index (χ0n) is 10.4. The Balaban J connectivity index is 1.94. The fourth-order valence-electron chi connectivity index (χ4n) is 1.60. The third-order valence-corrected chi connectivity index (χ3v) is 2.51. The standard InChI is InChI=1S/C13H17N3O2/c1-2-13-15-12(16-18-13)9-17-11-5-3-4-10(8-11)6-7-14/h3-5,8H,2,6-7,9,14H2,1H3. The Morgan fingerprint density at radius 2 is 2.28 bits per heavy atom. The van der Waals surface area contributed by atoms with Crippen LogP contribution < -0.4 is 10.5 Å². The molecular weight excluding hydrogens is 230 g/mol. The van der Waals surface area contributed by atoms with Crippen molar-refractivity contribution in [2.45, 2.75) is 26.4 Å². The highest BCUT2D eigenvalue weighted by Crippen LogP contribution is 2.14. The molecule has 0 unspecified atom stereocenters. The number of benzene rings is 1. The highest BCUT2D eigenvalue weighted by Gasteiger charge is 2.05. The molecule has 0 spiro atoms. The number of hydrogen-bond donors (Lipinski definition) is 1. The number of nitrogens with two attached hydrogens (primary N) is 1. The van der Waals surface area contributed by atoms with E-state index in [1.165, 1.54) is 0 Å². The van der Waals surface area contributed by atoms with Gasteiger partial charge in [0, 0.05) is 6.42 Å². The average molecular weight is 247 g/mol. The Hall–Kier alpha value is -1.88. The second-order valence-electron chi connectivity index (χ2n) is 3.93. The van der Waals surface area contributed by atoms with Crippen LogP contribution in [0, 0.1) is 0 Å². The molecule has 0 atom stereocenters. The first-order chi connectivity index (χ1) is 8.81. The molecular formula is C13H17N3O2. The Morgan fingerprint density at radius 3 is 3.00 bits per heavy atom. The average Bonchev–Trinajstić information content (AvgIpc) is 2.85. The van der Waals surface area contributed by atoms with Crippen LogP contribution in [0.1, 0.15) is 24.2 Å². The minimum Gasteiger partial charge on any atom is -0.485 e. The number of nitrogens with zero attached hydrogens (tertiary/aromatic N) is 2. The van der Waals surface area contributed by atoms with Crippen molar-refractivity contribution < 1.29 is 9.26 Å². The van der Waals surface area contributed by atoms with Crippen molar-refractivity contribution in [3.8, 4) is 5.75 Å². The topological polar surface area (TPSA) is 74.2 Å². The molecule has 0 saturated carbocycles. The zero-order chi connectivity index (χ0) is 12.8. The van der Waals surface area contributed by atoms with E-state index >= 15 is 0 Å². The van der Waals surface area contributed by atoms with Gasteiger partial charge >= 0.3 is 0 Å². The summed E-state index contributed by atoms with van der Waals surface area (Å²) >= 11 is 0. The van der Waals surface area contributed by atoms with Gasteiger partial charge in [-0.3, -0.25) is 0 Å². The van der Waals surface area contributed by atoms with Crippen LogP contribution in [0.25, 0.3) is 0 Å². The van der Waals surface area contributed by atoms with Gasteiger partial charge in [-0.2, -0.15) is 4.98 Å². The van der Waals surface area contributed by atoms with Gasteiger partial charge in [-0.25, -0.2) is 0 Å². The minimum absolute atomic E-state index is 0.315. The molecule has 2 rings (SSSR count). The van der Waals surface area contributed by atoms with Gasteiger partial charge in [-0.05, 0) is 30.7 Å². The van der Waals surface area contributed by atoms with Gasteiger partial charge in [-0.15, -0.1) is 0 Å². The number of aryl methyl sites for hydroxylation is 1. The third-order valence-electron chi connectivity index (χ3n) is 2.51. The lowest BCUT2D eigenvalue weighted by Crippen LogP contribution is -2.03. The number of rotatable bonds is 6. The highest BCUT2D eigenvalue weighted by molar-refractivity contribution is 5.28. The number of aromatic nitrogens is 2. The van der Waals surface area contributed by atoms with Crippen LogP contribution in [0.2, 0.25) is 0 Å². The van der Waals surface area contributed by atoms with E-state index in [-0.39, 0.29) is 0 Å². The molecule has 1 aromatic carbocycles. The van der Waals surface area contributed by atoms with E-state index in [9.17, 15) is 0 Å². The van der Waals surface area contributed by atoms with E-state index in [4.69, 9.17) is 15.0 Å². The summed E-state index contributed by atoms with van der Waals surface area (Å²) in [5, 5.41) is 3.83. The predicted octanol–water partition coefficient (Wildman–Crippen LogP) is 1.71. The van der Waals surface area contributed by atoms with Gasteiger partial charge in [0.05, 0.1) is 0 Å². The number of ether oxygens (including phenoxy) is 1. The van der Waals surface area contributed by atoms with Crippen LogP contribution in [-0.2, 0) is 19.4 Å². The molecule has 0 aliphatic rings. The zero-order valence-corrected chi connectivity index (χ0v) is 10.4. The summed E-state index contributed by atoms with van der Waals surface area (Å²) in [6.07, 6.45) is 1.58. The molecule has 0 amide bonds. The van der Waals surface area contributed by atoms with E-state index < -0.39 is 0 Å². The van der Waals surface area contributed by atoms with Gasteiger partial charge in [0.1, 0.15) is 5.75 Å². The molecule has 2 N–H and O–H groups in total. The van der Waals surface area contributed by atoms with Crippen LogP contribution in [0.3, 0.4) is 0 Å². The molecule has 1 heterocycles. The van der Waals surface area contributed by atoms with E-state index in [0.717, 1.165) is 24.2 Å². The largest absolute Gasteiger partial charge is 0.485 e. The minimum atomic E-state index is 0.315. The van der Waals surface area contributed by atoms with E-state index in [2.05, 4.69) is 10.1 Å². The van der Waals surface area contributed by atoms with Gasteiger partial charge in [0.15, 0.2) is 6.61 Å². The number of hydrogen-bond acceptors (Lipinski definition) is 5. The molecule has 2 aromatic rings. The van der Waals surface area contributed by atoms with E-state index in [1.807, 2.05) is 31.2 Å². The van der Waals surface area contributed by atoms with Crippen molar-refractivity contribution in [1.29, 1.82) is 0 Å². The summed E-state index contributed by atoms with van der Waals surface area (Å²) in [7, 11) is 0. The Labute approximate surface area is 106 Å². The van der Waals surface area contributed by atoms with Gasteiger partial charge < -0.3 is 15.0 Å². The molecule has 18 heavy (non-hydrogen) atoms. The van der Waals surface area contributed by atoms with Gasteiger partial charge in [0.2, 0.25) is 11.7 Å². The second-order valence-corrected chi connectivity index (χ2v) is 3.93. The summed E-state index contributed by atoms with van der Waals surface area (Å²) < 4.78 is 10.6. The van der Waals surface area contributed by atoms with Crippen molar-refractivity contribution in [3.63, 3.8) is 0 Å². The van der Waals surface area contributed by atoms with E-state index in [1.54, 1.807) is 0 Å². The normalized spacial score (nSPS) is 10.6. The first-order valence-corrected chi connectivity index (χ1v) is 6.05. The maximum Gasteiger partial charge on any atom is 0.226 e. The monoisotopic (exact) mass is 247 g/mol. The summed E-state index contributed by atoms with van der Waals surface area (Å²) in [6, 6.07) is 7.87. The second kappa shape index (κ2) is 6.16. The van der Waals surface area contributed by atoms with Crippen molar-refractivity contribution in [3.05, 3.63) is 41.5 Å². The molecule has 5 heteroatoms. The smallest absolute Gasteiger partial charge is 0.226 e. The van der Waals surface area contributed by atoms with Crippen LogP contribution >= 0.6 is 0 Å². The summed E-state index contributed by atoms with van der Waals surface area (Å²) in [5.41, 5.74) is 6.68. The van der Waals surface area contributed by atoms with Crippen molar-refractivity contribution in [1.82, 2.24) is 10.1 Å². The van der Waals surface area contributed by atoms with Crippen LogP contribution in [-0.4, -0.2) is 16.7 Å². The summed E-state index contributed by atoms with van der Waals surface area (Å²) in [5.74, 6) is 1.99. The van der Waals surface area contributed by atoms with Gasteiger partial charge in [-0.1, -0.05) is 24.2 Å². The summed E-state index contributed by atoms with van der Waals surface area (Å²) in [6.45, 7) is 2.91. The van der Waals surface area contributed by atoms with Crippen molar-refractivity contribution in [2.75, 3.05) is 6.54 Å². The Kier molecular flexibility index (Phi) is 4.30. The molecule has 96 valence electrons. The fraction of sp³-hybridized carbons (Fsp3) is 0.385. The molecule has 5 nitrogen and oxygen atoms in total. The van der Waals surface area contributed by atoms with E-state index in [0.29, 0.717) is 24.9 Å². The van der Waals surface area contributed by atoms with Crippen LogP contribution in [0.5, 0.6) is 5.75 Å². The molecule has 1 aromatic heterocycles. The van der Waals surface area contributed by atoms with Gasteiger partial charge in [0.25, 0.3) is 0 Å². The molecule has 0 radical (unpaired) electrons.